The van der Waals surface area contributed by atoms with Crippen LogP contribution >= 0.6 is 0 Å². The standard InChI is InChI=1S/C20H22N2O2/c1-13-8-7-10-17-15(3)19(24-18(13)17)20(23)22(4)14(2)12-16-9-5-6-11-21-16/h5-11,14H,12H2,1-4H3. The summed E-state index contributed by atoms with van der Waals surface area (Å²) in [6, 6.07) is 11.8. The third-order valence-corrected chi connectivity index (χ3v) is 4.57. The molecular formula is C20H22N2O2. The van der Waals surface area contributed by atoms with E-state index in [4.69, 9.17) is 4.42 Å². The number of aryl methyl sites for hydroxylation is 2. The van der Waals surface area contributed by atoms with Crippen molar-refractivity contribution >= 4 is 16.9 Å². The summed E-state index contributed by atoms with van der Waals surface area (Å²) in [5.41, 5.74) is 3.71. The van der Waals surface area contributed by atoms with Gasteiger partial charge in [-0.15, -0.1) is 0 Å². The Morgan fingerprint density at radius 2 is 2.00 bits per heavy atom. The minimum atomic E-state index is -0.0912. The lowest BCUT2D eigenvalue weighted by atomic mass is 10.1. The Morgan fingerprint density at radius 3 is 2.67 bits per heavy atom. The topological polar surface area (TPSA) is 46.3 Å². The van der Waals surface area contributed by atoms with Crippen molar-refractivity contribution in [3.63, 3.8) is 0 Å². The molecular weight excluding hydrogens is 300 g/mol. The van der Waals surface area contributed by atoms with E-state index in [1.807, 2.05) is 64.2 Å². The first-order valence-electron chi connectivity index (χ1n) is 8.15. The molecule has 1 amide bonds. The number of furan rings is 1. The van der Waals surface area contributed by atoms with Crippen LogP contribution in [0.1, 0.15) is 34.3 Å². The number of para-hydroxylation sites is 1. The molecule has 0 N–H and O–H groups in total. The lowest BCUT2D eigenvalue weighted by Crippen LogP contribution is -2.36. The molecule has 0 saturated heterocycles. The van der Waals surface area contributed by atoms with Crippen molar-refractivity contribution in [2.75, 3.05) is 7.05 Å². The highest BCUT2D eigenvalue weighted by Gasteiger charge is 2.24. The second-order valence-electron chi connectivity index (χ2n) is 6.30. The lowest BCUT2D eigenvalue weighted by molar-refractivity contribution is 0.0712. The van der Waals surface area contributed by atoms with Crippen molar-refractivity contribution in [3.05, 3.63) is 65.2 Å². The maximum atomic E-state index is 12.9. The molecule has 3 rings (SSSR count). The first-order valence-corrected chi connectivity index (χ1v) is 8.15. The number of benzene rings is 1. The highest BCUT2D eigenvalue weighted by Crippen LogP contribution is 2.28. The average molecular weight is 322 g/mol. The Labute approximate surface area is 142 Å². The molecule has 0 radical (unpaired) electrons. The molecule has 0 fully saturated rings. The summed E-state index contributed by atoms with van der Waals surface area (Å²) in [6.07, 6.45) is 2.48. The minimum absolute atomic E-state index is 0.0288. The molecule has 0 saturated carbocycles. The van der Waals surface area contributed by atoms with Gasteiger partial charge in [0.1, 0.15) is 5.58 Å². The van der Waals surface area contributed by atoms with Crippen LogP contribution in [-0.2, 0) is 6.42 Å². The van der Waals surface area contributed by atoms with Gasteiger partial charge in [-0.3, -0.25) is 9.78 Å². The zero-order valence-corrected chi connectivity index (χ0v) is 14.5. The number of amides is 1. The number of carbonyl (C=O) groups is 1. The predicted octanol–water partition coefficient (Wildman–Crippen LogP) is 4.15. The van der Waals surface area contributed by atoms with Gasteiger partial charge in [0.2, 0.25) is 0 Å². The van der Waals surface area contributed by atoms with E-state index >= 15 is 0 Å². The van der Waals surface area contributed by atoms with Crippen molar-refractivity contribution in [3.8, 4) is 0 Å². The molecule has 1 atom stereocenters. The van der Waals surface area contributed by atoms with Crippen LogP contribution in [0.3, 0.4) is 0 Å². The largest absolute Gasteiger partial charge is 0.450 e. The van der Waals surface area contributed by atoms with Gasteiger partial charge in [0.25, 0.3) is 5.91 Å². The summed E-state index contributed by atoms with van der Waals surface area (Å²) in [5.74, 6) is 0.334. The molecule has 124 valence electrons. The summed E-state index contributed by atoms with van der Waals surface area (Å²) in [7, 11) is 1.81. The fraction of sp³-hybridized carbons (Fsp3) is 0.300. The number of fused-ring (bicyclic) bond motifs is 1. The Morgan fingerprint density at radius 1 is 1.21 bits per heavy atom. The molecule has 0 spiro atoms. The molecule has 0 aliphatic carbocycles. The van der Waals surface area contributed by atoms with Gasteiger partial charge in [0, 0.05) is 42.4 Å². The van der Waals surface area contributed by atoms with Crippen LogP contribution in [0.15, 0.2) is 47.0 Å². The molecule has 0 aliphatic rings. The van der Waals surface area contributed by atoms with Gasteiger partial charge in [-0.2, -0.15) is 0 Å². The number of likely N-dealkylation sites (N-methyl/N-ethyl adjacent to an activating group) is 1. The van der Waals surface area contributed by atoms with Crippen LogP contribution in [-0.4, -0.2) is 28.9 Å². The van der Waals surface area contributed by atoms with Crippen molar-refractivity contribution in [1.82, 2.24) is 9.88 Å². The van der Waals surface area contributed by atoms with E-state index in [0.717, 1.165) is 27.8 Å². The van der Waals surface area contributed by atoms with E-state index in [9.17, 15) is 4.79 Å². The maximum absolute atomic E-state index is 12.9. The number of hydrogen-bond acceptors (Lipinski definition) is 3. The molecule has 0 aliphatic heterocycles. The van der Waals surface area contributed by atoms with Gasteiger partial charge in [-0.1, -0.05) is 24.3 Å². The average Bonchev–Trinajstić information content (AvgIpc) is 2.93. The maximum Gasteiger partial charge on any atom is 0.289 e. The Balaban J connectivity index is 1.85. The quantitative estimate of drug-likeness (QED) is 0.725. The molecule has 0 bridgehead atoms. The first-order chi connectivity index (χ1) is 11.5. The fourth-order valence-electron chi connectivity index (χ4n) is 2.91. The van der Waals surface area contributed by atoms with E-state index in [1.54, 1.807) is 11.1 Å². The van der Waals surface area contributed by atoms with Gasteiger partial charge in [-0.05, 0) is 38.5 Å². The fourth-order valence-corrected chi connectivity index (χ4v) is 2.91. The second kappa shape index (κ2) is 6.48. The smallest absolute Gasteiger partial charge is 0.289 e. The van der Waals surface area contributed by atoms with Gasteiger partial charge in [0.05, 0.1) is 0 Å². The normalized spacial score (nSPS) is 12.3. The zero-order valence-electron chi connectivity index (χ0n) is 14.5. The summed E-state index contributed by atoms with van der Waals surface area (Å²) < 4.78 is 5.91. The molecule has 1 unspecified atom stereocenters. The molecule has 1 aromatic carbocycles. The van der Waals surface area contributed by atoms with E-state index in [-0.39, 0.29) is 11.9 Å². The Kier molecular flexibility index (Phi) is 4.38. The number of rotatable bonds is 4. The van der Waals surface area contributed by atoms with Crippen LogP contribution in [0.2, 0.25) is 0 Å². The Bertz CT molecular complexity index is 868. The molecule has 2 heterocycles. The molecule has 2 aromatic heterocycles. The second-order valence-corrected chi connectivity index (χ2v) is 6.30. The van der Waals surface area contributed by atoms with E-state index in [0.29, 0.717) is 12.2 Å². The number of aromatic nitrogens is 1. The molecule has 24 heavy (non-hydrogen) atoms. The molecule has 4 nitrogen and oxygen atoms in total. The number of hydrogen-bond donors (Lipinski definition) is 0. The molecule has 3 aromatic rings. The highest BCUT2D eigenvalue weighted by molar-refractivity contribution is 5.99. The minimum Gasteiger partial charge on any atom is -0.450 e. The van der Waals surface area contributed by atoms with Crippen LogP contribution < -0.4 is 0 Å². The SMILES string of the molecule is Cc1c(C(=O)N(C)C(C)Cc2ccccn2)oc2c(C)cccc12. The van der Waals surface area contributed by atoms with Gasteiger partial charge < -0.3 is 9.32 Å². The van der Waals surface area contributed by atoms with Gasteiger partial charge in [-0.25, -0.2) is 0 Å². The third-order valence-electron chi connectivity index (χ3n) is 4.57. The van der Waals surface area contributed by atoms with Gasteiger partial charge in [0.15, 0.2) is 5.76 Å². The van der Waals surface area contributed by atoms with Crippen LogP contribution in [0.25, 0.3) is 11.0 Å². The summed E-state index contributed by atoms with van der Waals surface area (Å²) >= 11 is 0. The number of pyridine rings is 1. The van der Waals surface area contributed by atoms with Crippen LogP contribution in [0.4, 0.5) is 0 Å². The van der Waals surface area contributed by atoms with E-state index in [2.05, 4.69) is 4.98 Å². The monoisotopic (exact) mass is 322 g/mol. The van der Waals surface area contributed by atoms with Crippen LogP contribution in [0, 0.1) is 13.8 Å². The van der Waals surface area contributed by atoms with Crippen LogP contribution in [0.5, 0.6) is 0 Å². The highest BCUT2D eigenvalue weighted by atomic mass is 16.3. The predicted molar refractivity (Wildman–Crippen MR) is 95.2 cm³/mol. The van der Waals surface area contributed by atoms with Crippen molar-refractivity contribution in [1.29, 1.82) is 0 Å². The summed E-state index contributed by atoms with van der Waals surface area (Å²) in [6.45, 7) is 5.96. The Hall–Kier alpha value is -2.62. The lowest BCUT2D eigenvalue weighted by Gasteiger charge is -2.24. The molecule has 4 heteroatoms. The first kappa shape index (κ1) is 16.2. The van der Waals surface area contributed by atoms with E-state index in [1.165, 1.54) is 0 Å². The summed E-state index contributed by atoms with van der Waals surface area (Å²) in [5, 5.41) is 1.00. The van der Waals surface area contributed by atoms with Crippen molar-refractivity contribution < 1.29 is 9.21 Å². The number of nitrogens with zero attached hydrogens (tertiary/aromatic N) is 2. The summed E-state index contributed by atoms with van der Waals surface area (Å²) in [4.78, 5) is 19.0. The van der Waals surface area contributed by atoms with E-state index < -0.39 is 0 Å². The van der Waals surface area contributed by atoms with Crippen molar-refractivity contribution in [2.45, 2.75) is 33.2 Å². The van der Waals surface area contributed by atoms with Gasteiger partial charge >= 0.3 is 0 Å². The zero-order chi connectivity index (χ0) is 17.3. The number of carbonyl (C=O) groups excluding carboxylic acids is 1. The third kappa shape index (κ3) is 2.92. The van der Waals surface area contributed by atoms with Crippen molar-refractivity contribution in [2.24, 2.45) is 0 Å².